The number of hydrogen-bond donors (Lipinski definition) is 4. The van der Waals surface area contributed by atoms with Gasteiger partial charge in [-0.1, -0.05) is 11.6 Å². The molecule has 84 valence electrons. The van der Waals surface area contributed by atoms with Crippen molar-refractivity contribution in [3.8, 4) is 17.2 Å². The number of halogens is 2. The minimum Gasteiger partial charge on any atom is -0.503 e. The zero-order valence-corrected chi connectivity index (χ0v) is 10.5. The third-order valence-corrected chi connectivity index (χ3v) is 4.34. The van der Waals surface area contributed by atoms with E-state index < -0.39 is 37.3 Å². The Morgan fingerprint density at radius 1 is 1.07 bits per heavy atom. The molecule has 6 nitrogen and oxygen atoms in total. The normalized spacial score (nSPS) is 11.7. The largest absolute Gasteiger partial charge is 0.503 e. The summed E-state index contributed by atoms with van der Waals surface area (Å²) in [5.74, 6) is -2.83. The highest BCUT2D eigenvalue weighted by atomic mass is 127. The maximum Gasteiger partial charge on any atom is 0.297 e. The third kappa shape index (κ3) is 2.07. The van der Waals surface area contributed by atoms with Crippen LogP contribution in [0.3, 0.4) is 0 Å². The molecule has 0 aliphatic carbocycles. The summed E-state index contributed by atoms with van der Waals surface area (Å²) in [7, 11) is -4.70. The first-order chi connectivity index (χ1) is 6.68. The Morgan fingerprint density at radius 3 is 1.93 bits per heavy atom. The predicted molar refractivity (Wildman–Crippen MR) is 59.0 cm³/mol. The molecule has 0 saturated heterocycles. The first-order valence-electron chi connectivity index (χ1n) is 3.27. The van der Waals surface area contributed by atoms with E-state index in [0.717, 1.165) is 0 Å². The highest BCUT2D eigenvalue weighted by Crippen LogP contribution is 2.47. The van der Waals surface area contributed by atoms with E-state index in [1.807, 2.05) is 0 Å². The lowest BCUT2D eigenvalue weighted by Gasteiger charge is -2.09. The fraction of sp³-hybridized carbons (Fsp3) is 0. The van der Waals surface area contributed by atoms with Gasteiger partial charge in [-0.25, -0.2) is 0 Å². The number of benzene rings is 1. The fourth-order valence-electron chi connectivity index (χ4n) is 0.858. The van der Waals surface area contributed by atoms with Crippen LogP contribution in [0, 0.1) is 3.57 Å². The van der Waals surface area contributed by atoms with Crippen LogP contribution in [-0.2, 0) is 10.1 Å². The lowest BCUT2D eigenvalue weighted by Crippen LogP contribution is -2.02. The number of phenols is 3. The highest BCUT2D eigenvalue weighted by molar-refractivity contribution is 14.1. The third-order valence-electron chi connectivity index (χ3n) is 1.52. The van der Waals surface area contributed by atoms with Gasteiger partial charge in [0.25, 0.3) is 10.1 Å². The number of aromatic hydroxyl groups is 3. The quantitative estimate of drug-likeness (QED) is 0.338. The number of hydrogen-bond acceptors (Lipinski definition) is 5. The van der Waals surface area contributed by atoms with Crippen LogP contribution in [0.2, 0.25) is 5.02 Å². The molecule has 9 heteroatoms. The van der Waals surface area contributed by atoms with Gasteiger partial charge in [0.1, 0.15) is 9.92 Å². The van der Waals surface area contributed by atoms with Crippen molar-refractivity contribution < 1.29 is 28.3 Å². The summed E-state index contributed by atoms with van der Waals surface area (Å²) in [6.45, 7) is 0. The summed E-state index contributed by atoms with van der Waals surface area (Å²) in [5.41, 5.74) is 0. The minimum absolute atomic E-state index is 0.379. The van der Waals surface area contributed by atoms with Gasteiger partial charge in [-0.05, 0) is 22.6 Å². The Hall–Kier alpha value is -0.450. The van der Waals surface area contributed by atoms with Crippen LogP contribution >= 0.6 is 34.2 Å². The average molecular weight is 367 g/mol. The van der Waals surface area contributed by atoms with Crippen LogP contribution in [0.1, 0.15) is 0 Å². The molecular formula is C6H4ClIO6S. The first-order valence-corrected chi connectivity index (χ1v) is 6.17. The molecule has 0 aliphatic heterocycles. The van der Waals surface area contributed by atoms with Gasteiger partial charge < -0.3 is 15.3 Å². The minimum atomic E-state index is -4.70. The SMILES string of the molecule is O=S(=O)(O)c1c(Cl)c(O)c(O)c(O)c1I. The Labute approximate surface area is 103 Å². The maximum atomic E-state index is 10.9. The summed E-state index contributed by atoms with van der Waals surface area (Å²) >= 11 is 6.75. The van der Waals surface area contributed by atoms with Gasteiger partial charge in [0.15, 0.2) is 11.5 Å². The summed E-state index contributed by atoms with van der Waals surface area (Å²) in [4.78, 5) is -0.849. The van der Waals surface area contributed by atoms with Crippen LogP contribution in [0.4, 0.5) is 0 Å². The van der Waals surface area contributed by atoms with Crippen LogP contribution in [-0.4, -0.2) is 28.3 Å². The van der Waals surface area contributed by atoms with Gasteiger partial charge in [-0.15, -0.1) is 0 Å². The molecule has 0 atom stereocenters. The van der Waals surface area contributed by atoms with Gasteiger partial charge in [0.05, 0.1) is 3.57 Å². The molecule has 0 fully saturated rings. The monoisotopic (exact) mass is 366 g/mol. The van der Waals surface area contributed by atoms with Crippen molar-refractivity contribution >= 4 is 44.3 Å². The zero-order chi connectivity index (χ0) is 12.0. The van der Waals surface area contributed by atoms with Crippen molar-refractivity contribution in [1.29, 1.82) is 0 Å². The van der Waals surface area contributed by atoms with Gasteiger partial charge in [0.2, 0.25) is 5.75 Å². The van der Waals surface area contributed by atoms with Gasteiger partial charge >= 0.3 is 0 Å². The molecule has 0 amide bonds. The first kappa shape index (κ1) is 12.6. The second-order valence-corrected chi connectivity index (χ2v) is 5.29. The maximum absolute atomic E-state index is 10.9. The van der Waals surface area contributed by atoms with Crippen molar-refractivity contribution in [1.82, 2.24) is 0 Å². The van der Waals surface area contributed by atoms with E-state index in [9.17, 15) is 13.5 Å². The molecule has 0 aliphatic rings. The Morgan fingerprint density at radius 2 is 1.53 bits per heavy atom. The van der Waals surface area contributed by atoms with E-state index in [1.54, 1.807) is 0 Å². The second-order valence-electron chi connectivity index (χ2n) is 2.48. The molecule has 0 saturated carbocycles. The van der Waals surface area contributed by atoms with Gasteiger partial charge in [-0.3, -0.25) is 4.55 Å². The lowest BCUT2D eigenvalue weighted by atomic mass is 10.3. The molecule has 0 radical (unpaired) electrons. The number of rotatable bonds is 1. The zero-order valence-electron chi connectivity index (χ0n) is 6.77. The summed E-state index contributed by atoms with van der Waals surface area (Å²) < 4.78 is 30.1. The molecule has 15 heavy (non-hydrogen) atoms. The fourth-order valence-corrected chi connectivity index (χ4v) is 3.50. The molecule has 1 aromatic carbocycles. The summed E-state index contributed by atoms with van der Waals surface area (Å²) in [6.07, 6.45) is 0. The standard InChI is InChI=1S/C6H4ClIO6S/c7-1-3(9)5(11)4(10)2(8)6(1)15(12,13)14/h9-11H,(H,12,13,14). The molecule has 0 unspecified atom stereocenters. The summed E-state index contributed by atoms with van der Waals surface area (Å²) in [6, 6.07) is 0. The highest BCUT2D eigenvalue weighted by Gasteiger charge is 2.28. The van der Waals surface area contributed by atoms with Crippen molar-refractivity contribution in [2.24, 2.45) is 0 Å². The molecule has 0 aromatic heterocycles. The number of phenolic OH excluding ortho intramolecular Hbond substituents is 3. The van der Waals surface area contributed by atoms with E-state index in [2.05, 4.69) is 0 Å². The average Bonchev–Trinajstić information content (AvgIpc) is 2.09. The molecule has 0 spiro atoms. The molecule has 1 aromatic rings. The van der Waals surface area contributed by atoms with Crippen LogP contribution < -0.4 is 0 Å². The van der Waals surface area contributed by atoms with E-state index in [0.29, 0.717) is 0 Å². The lowest BCUT2D eigenvalue weighted by molar-refractivity contribution is 0.363. The van der Waals surface area contributed by atoms with Crippen molar-refractivity contribution in [2.45, 2.75) is 4.90 Å². The molecule has 4 N–H and O–H groups in total. The van der Waals surface area contributed by atoms with E-state index in [4.69, 9.17) is 26.4 Å². The van der Waals surface area contributed by atoms with Crippen LogP contribution in [0.15, 0.2) is 4.90 Å². The Balaban J connectivity index is 3.84. The summed E-state index contributed by atoms with van der Waals surface area (Å²) in [5, 5.41) is 26.7. The topological polar surface area (TPSA) is 115 Å². The van der Waals surface area contributed by atoms with Gasteiger partial charge in [-0.2, -0.15) is 8.42 Å². The van der Waals surface area contributed by atoms with Crippen molar-refractivity contribution in [3.63, 3.8) is 0 Å². The van der Waals surface area contributed by atoms with Crippen LogP contribution in [0.25, 0.3) is 0 Å². The van der Waals surface area contributed by atoms with Crippen molar-refractivity contribution in [2.75, 3.05) is 0 Å². The Kier molecular flexibility index (Phi) is 3.24. The predicted octanol–water partition coefficient (Wildman–Crippen LogP) is 1.31. The van der Waals surface area contributed by atoms with Gasteiger partial charge in [0, 0.05) is 0 Å². The Bertz CT molecular complexity index is 496. The smallest absolute Gasteiger partial charge is 0.297 e. The van der Waals surface area contributed by atoms with E-state index >= 15 is 0 Å². The molecule has 0 heterocycles. The molecule has 0 bridgehead atoms. The molecular weight excluding hydrogens is 362 g/mol. The second kappa shape index (κ2) is 3.85. The van der Waals surface area contributed by atoms with E-state index in [1.165, 1.54) is 22.6 Å². The van der Waals surface area contributed by atoms with Crippen molar-refractivity contribution in [3.05, 3.63) is 8.59 Å². The van der Waals surface area contributed by atoms with Crippen LogP contribution in [0.5, 0.6) is 17.2 Å². The molecule has 1 rings (SSSR count). The van der Waals surface area contributed by atoms with E-state index in [-0.39, 0.29) is 3.57 Å².